The third-order valence-electron chi connectivity index (χ3n) is 5.67. The molecule has 0 bridgehead atoms. The predicted octanol–water partition coefficient (Wildman–Crippen LogP) is 2.08. The zero-order valence-corrected chi connectivity index (χ0v) is 14.9. The molecule has 2 aliphatic heterocycles. The Balaban J connectivity index is 1.32. The van der Waals surface area contributed by atoms with Crippen molar-refractivity contribution in [3.05, 3.63) is 41.8 Å². The van der Waals surface area contributed by atoms with Crippen molar-refractivity contribution in [1.82, 2.24) is 19.6 Å². The molecule has 3 aromatic rings. The van der Waals surface area contributed by atoms with Gasteiger partial charge in [-0.1, -0.05) is 17.3 Å². The van der Waals surface area contributed by atoms with Gasteiger partial charge in [0, 0.05) is 51.1 Å². The molecule has 0 spiro atoms. The number of amides is 1. The van der Waals surface area contributed by atoms with Gasteiger partial charge in [0.15, 0.2) is 5.69 Å². The summed E-state index contributed by atoms with van der Waals surface area (Å²) in [6, 6.07) is 9.93. The zero-order valence-electron chi connectivity index (χ0n) is 14.9. The number of aryl methyl sites for hydroxylation is 2. The minimum absolute atomic E-state index is 0.0227. The number of rotatable bonds is 2. The number of para-hydroxylation sites is 2. The van der Waals surface area contributed by atoms with Crippen LogP contribution in [0.25, 0.3) is 11.0 Å². The van der Waals surface area contributed by atoms with Crippen molar-refractivity contribution in [2.45, 2.75) is 6.92 Å². The third kappa shape index (κ3) is 2.30. The van der Waals surface area contributed by atoms with Crippen molar-refractivity contribution in [3.8, 4) is 0 Å². The molecule has 0 saturated carbocycles. The average molecular weight is 351 g/mol. The maximum atomic E-state index is 12.6. The van der Waals surface area contributed by atoms with E-state index in [4.69, 9.17) is 9.51 Å². The highest BCUT2D eigenvalue weighted by atomic mass is 16.5. The van der Waals surface area contributed by atoms with Crippen LogP contribution < -0.4 is 4.90 Å². The van der Waals surface area contributed by atoms with E-state index in [0.717, 1.165) is 43.2 Å². The van der Waals surface area contributed by atoms with E-state index in [9.17, 15) is 4.79 Å². The molecular weight excluding hydrogens is 330 g/mol. The molecule has 2 aromatic heterocycles. The van der Waals surface area contributed by atoms with Crippen LogP contribution in [0, 0.1) is 18.8 Å². The second kappa shape index (κ2) is 5.59. The van der Waals surface area contributed by atoms with Gasteiger partial charge in [-0.05, 0) is 19.1 Å². The first-order valence-electron chi connectivity index (χ1n) is 8.99. The molecule has 2 aliphatic rings. The third-order valence-corrected chi connectivity index (χ3v) is 5.67. The van der Waals surface area contributed by atoms with E-state index in [-0.39, 0.29) is 5.91 Å². The largest absolute Gasteiger partial charge is 0.361 e. The normalized spacial score (nSPS) is 22.4. The molecule has 1 aromatic carbocycles. The Kier molecular flexibility index (Phi) is 3.32. The quantitative estimate of drug-likeness (QED) is 0.707. The fourth-order valence-electron chi connectivity index (χ4n) is 4.37. The topological polar surface area (TPSA) is 67.4 Å². The molecule has 7 heteroatoms. The van der Waals surface area contributed by atoms with Crippen LogP contribution in [0.4, 0.5) is 5.95 Å². The summed E-state index contributed by atoms with van der Waals surface area (Å²) in [6.45, 7) is 5.22. The average Bonchev–Trinajstić information content (AvgIpc) is 3.37. The van der Waals surface area contributed by atoms with Crippen molar-refractivity contribution in [2.75, 3.05) is 31.1 Å². The van der Waals surface area contributed by atoms with E-state index in [1.165, 1.54) is 0 Å². The van der Waals surface area contributed by atoms with Gasteiger partial charge in [0.25, 0.3) is 5.91 Å². The highest BCUT2D eigenvalue weighted by Gasteiger charge is 2.43. The molecule has 7 nitrogen and oxygen atoms in total. The van der Waals surface area contributed by atoms with Crippen LogP contribution in [0.5, 0.6) is 0 Å². The minimum atomic E-state index is -0.0227. The second-order valence-corrected chi connectivity index (χ2v) is 7.42. The first-order chi connectivity index (χ1) is 12.6. The number of carbonyl (C=O) groups excluding carboxylic acids is 1. The molecule has 5 rings (SSSR count). The Morgan fingerprint density at radius 1 is 1.15 bits per heavy atom. The maximum absolute atomic E-state index is 12.6. The Labute approximate surface area is 151 Å². The first kappa shape index (κ1) is 15.4. The number of likely N-dealkylation sites (tertiary alicyclic amines) is 1. The number of imidazole rings is 1. The number of nitrogens with zero attached hydrogens (tertiary/aromatic N) is 5. The maximum Gasteiger partial charge on any atom is 0.276 e. The molecule has 134 valence electrons. The summed E-state index contributed by atoms with van der Waals surface area (Å²) in [4.78, 5) is 21.7. The molecule has 2 saturated heterocycles. The van der Waals surface area contributed by atoms with E-state index in [1.807, 2.05) is 17.0 Å². The van der Waals surface area contributed by atoms with Gasteiger partial charge in [0.2, 0.25) is 5.95 Å². The molecular formula is C19H21N5O2. The van der Waals surface area contributed by atoms with Crippen LogP contribution in [0.15, 0.2) is 34.9 Å². The van der Waals surface area contributed by atoms with E-state index in [0.29, 0.717) is 23.3 Å². The van der Waals surface area contributed by atoms with E-state index in [1.54, 1.807) is 13.0 Å². The Bertz CT molecular complexity index is 977. The van der Waals surface area contributed by atoms with Gasteiger partial charge in [-0.3, -0.25) is 4.79 Å². The van der Waals surface area contributed by atoms with Crippen LogP contribution in [0.2, 0.25) is 0 Å². The fourth-order valence-corrected chi connectivity index (χ4v) is 4.37. The van der Waals surface area contributed by atoms with E-state index < -0.39 is 0 Å². The van der Waals surface area contributed by atoms with Crippen molar-refractivity contribution in [3.63, 3.8) is 0 Å². The highest BCUT2D eigenvalue weighted by Crippen LogP contribution is 2.35. The van der Waals surface area contributed by atoms with Gasteiger partial charge in [-0.2, -0.15) is 0 Å². The van der Waals surface area contributed by atoms with Gasteiger partial charge < -0.3 is 18.9 Å². The Morgan fingerprint density at radius 2 is 1.88 bits per heavy atom. The lowest BCUT2D eigenvalue weighted by Gasteiger charge is -2.22. The summed E-state index contributed by atoms with van der Waals surface area (Å²) < 4.78 is 7.20. The number of benzene rings is 1. The standard InChI is InChI=1S/C19H21N5O2/c1-12-7-16(21-26-12)18(25)23-8-13-10-24(11-14(13)9-23)19-20-15-5-3-4-6-17(15)22(19)2/h3-7,13-14H,8-11H2,1-2H3. The molecule has 2 unspecified atom stereocenters. The van der Waals surface area contributed by atoms with Gasteiger partial charge in [0.1, 0.15) is 5.76 Å². The van der Waals surface area contributed by atoms with E-state index in [2.05, 4.69) is 33.8 Å². The first-order valence-corrected chi connectivity index (χ1v) is 8.99. The van der Waals surface area contributed by atoms with Crippen molar-refractivity contribution < 1.29 is 9.32 Å². The molecule has 4 heterocycles. The number of carbonyl (C=O) groups is 1. The van der Waals surface area contributed by atoms with Gasteiger partial charge in [-0.15, -0.1) is 0 Å². The summed E-state index contributed by atoms with van der Waals surface area (Å²) in [5.41, 5.74) is 2.59. The number of anilines is 1. The molecule has 0 radical (unpaired) electrons. The van der Waals surface area contributed by atoms with Gasteiger partial charge >= 0.3 is 0 Å². The smallest absolute Gasteiger partial charge is 0.276 e. The monoisotopic (exact) mass is 351 g/mol. The van der Waals surface area contributed by atoms with Crippen molar-refractivity contribution in [1.29, 1.82) is 0 Å². The molecule has 1 amide bonds. The van der Waals surface area contributed by atoms with Crippen LogP contribution in [0.1, 0.15) is 16.2 Å². The highest BCUT2D eigenvalue weighted by molar-refractivity contribution is 5.92. The summed E-state index contributed by atoms with van der Waals surface area (Å²) in [5.74, 6) is 2.62. The lowest BCUT2D eigenvalue weighted by molar-refractivity contribution is 0.0772. The predicted molar refractivity (Wildman–Crippen MR) is 97.1 cm³/mol. The summed E-state index contributed by atoms with van der Waals surface area (Å²) in [7, 11) is 2.07. The summed E-state index contributed by atoms with van der Waals surface area (Å²) in [6.07, 6.45) is 0. The van der Waals surface area contributed by atoms with Gasteiger partial charge in [-0.25, -0.2) is 4.98 Å². The van der Waals surface area contributed by atoms with Crippen molar-refractivity contribution >= 4 is 22.9 Å². The van der Waals surface area contributed by atoms with Crippen LogP contribution >= 0.6 is 0 Å². The zero-order chi connectivity index (χ0) is 17.8. The number of fused-ring (bicyclic) bond motifs is 2. The SMILES string of the molecule is Cc1cc(C(=O)N2CC3CN(c4nc5ccccc5n4C)CC3C2)no1. The molecule has 0 N–H and O–H groups in total. The fraction of sp³-hybridized carbons (Fsp3) is 0.421. The summed E-state index contributed by atoms with van der Waals surface area (Å²) in [5, 5.41) is 3.86. The molecule has 26 heavy (non-hydrogen) atoms. The van der Waals surface area contributed by atoms with Crippen molar-refractivity contribution in [2.24, 2.45) is 18.9 Å². The molecule has 0 aliphatic carbocycles. The van der Waals surface area contributed by atoms with Gasteiger partial charge in [0.05, 0.1) is 11.0 Å². The number of hydrogen-bond acceptors (Lipinski definition) is 5. The number of aromatic nitrogens is 3. The second-order valence-electron chi connectivity index (χ2n) is 7.42. The molecule has 2 fully saturated rings. The van der Waals surface area contributed by atoms with E-state index >= 15 is 0 Å². The summed E-state index contributed by atoms with van der Waals surface area (Å²) >= 11 is 0. The Morgan fingerprint density at radius 3 is 2.54 bits per heavy atom. The Hall–Kier alpha value is -2.83. The van der Waals surface area contributed by atoms with Crippen LogP contribution in [-0.2, 0) is 7.05 Å². The van der Waals surface area contributed by atoms with Crippen LogP contribution in [-0.4, -0.2) is 51.7 Å². The number of hydrogen-bond donors (Lipinski definition) is 0. The lowest BCUT2D eigenvalue weighted by atomic mass is 10.0. The lowest BCUT2D eigenvalue weighted by Crippen LogP contribution is -2.34. The minimum Gasteiger partial charge on any atom is -0.361 e. The van der Waals surface area contributed by atoms with Crippen LogP contribution in [0.3, 0.4) is 0 Å². The molecule has 2 atom stereocenters.